The fourth-order valence-corrected chi connectivity index (χ4v) is 2.12. The Labute approximate surface area is 111 Å². The fourth-order valence-electron chi connectivity index (χ4n) is 1.84. The number of hydrogen-bond donors (Lipinski definition) is 1. The van der Waals surface area contributed by atoms with Gasteiger partial charge in [0.15, 0.2) is 4.77 Å². The van der Waals surface area contributed by atoms with Crippen molar-refractivity contribution >= 4 is 23.1 Å². The molecule has 0 saturated heterocycles. The molecule has 0 bridgehead atoms. The third-order valence-corrected chi connectivity index (χ3v) is 3.05. The van der Waals surface area contributed by atoms with Gasteiger partial charge in [-0.05, 0) is 30.8 Å². The van der Waals surface area contributed by atoms with Crippen LogP contribution in [0.4, 0.5) is 13.2 Å². The van der Waals surface area contributed by atoms with Gasteiger partial charge >= 0.3 is 6.18 Å². The molecule has 0 spiro atoms. The van der Waals surface area contributed by atoms with Crippen molar-refractivity contribution in [3.63, 3.8) is 0 Å². The van der Waals surface area contributed by atoms with E-state index >= 15 is 0 Å². The highest BCUT2D eigenvalue weighted by Gasteiger charge is 2.26. The molecule has 0 radical (unpaired) electrons. The monoisotopic (exact) mass is 288 g/mol. The average Bonchev–Trinajstić information content (AvgIpc) is 2.32. The summed E-state index contributed by atoms with van der Waals surface area (Å²) in [5, 5.41) is 0.420. The van der Waals surface area contributed by atoms with Crippen LogP contribution in [0.5, 0.6) is 0 Å². The van der Waals surface area contributed by atoms with Crippen LogP contribution in [0.25, 0.3) is 10.9 Å². The second kappa shape index (κ2) is 5.16. The summed E-state index contributed by atoms with van der Waals surface area (Å²) in [6, 6.07) is 6.76. The standard InChI is InChI=1S/C12H11F3N2OS/c13-12(14,15)6-3-7-17-10(18)8-4-1-2-5-9(8)16-11(17)19/h1-2,4-5H,3,6-7H2,(H,16,19). The smallest absolute Gasteiger partial charge is 0.332 e. The van der Waals surface area contributed by atoms with Gasteiger partial charge in [0.1, 0.15) is 0 Å². The number of H-pyrrole nitrogens is 1. The van der Waals surface area contributed by atoms with Crippen LogP contribution in [0, 0.1) is 4.77 Å². The maximum atomic E-state index is 12.1. The van der Waals surface area contributed by atoms with E-state index < -0.39 is 12.6 Å². The minimum absolute atomic E-state index is 0.0431. The Hall–Kier alpha value is -1.63. The molecule has 1 aromatic heterocycles. The van der Waals surface area contributed by atoms with E-state index in [9.17, 15) is 18.0 Å². The lowest BCUT2D eigenvalue weighted by Crippen LogP contribution is -2.23. The Bertz CT molecular complexity index is 702. The molecule has 0 saturated carbocycles. The molecule has 0 aliphatic rings. The molecule has 1 N–H and O–H groups in total. The second-order valence-electron chi connectivity index (χ2n) is 4.15. The van der Waals surface area contributed by atoms with E-state index in [1.54, 1.807) is 24.3 Å². The number of benzene rings is 1. The van der Waals surface area contributed by atoms with Crippen LogP contribution in [0.15, 0.2) is 29.1 Å². The Morgan fingerprint density at radius 3 is 2.63 bits per heavy atom. The predicted octanol–water partition coefficient (Wildman–Crippen LogP) is 3.40. The van der Waals surface area contributed by atoms with Crippen LogP contribution in [-0.4, -0.2) is 15.7 Å². The summed E-state index contributed by atoms with van der Waals surface area (Å²) in [5.74, 6) is 0. The molecule has 2 rings (SSSR count). The number of halogens is 3. The Morgan fingerprint density at radius 2 is 1.95 bits per heavy atom. The highest BCUT2D eigenvalue weighted by molar-refractivity contribution is 7.71. The van der Waals surface area contributed by atoms with Crippen LogP contribution in [-0.2, 0) is 6.54 Å². The summed E-state index contributed by atoms with van der Waals surface area (Å²) < 4.78 is 37.6. The lowest BCUT2D eigenvalue weighted by molar-refractivity contribution is -0.135. The lowest BCUT2D eigenvalue weighted by atomic mass is 10.2. The zero-order valence-electron chi connectivity index (χ0n) is 9.83. The summed E-state index contributed by atoms with van der Waals surface area (Å²) in [6.07, 6.45) is -5.31. The SMILES string of the molecule is O=c1c2ccccc2[nH]c(=S)n1CCCC(F)(F)F. The van der Waals surface area contributed by atoms with E-state index in [0.717, 1.165) is 0 Å². The van der Waals surface area contributed by atoms with E-state index in [1.807, 2.05) is 0 Å². The first-order valence-electron chi connectivity index (χ1n) is 5.67. The number of hydrogen-bond acceptors (Lipinski definition) is 2. The molecule has 3 nitrogen and oxygen atoms in total. The number of nitrogens with one attached hydrogen (secondary N) is 1. The fraction of sp³-hybridized carbons (Fsp3) is 0.333. The molecule has 1 heterocycles. The summed E-state index contributed by atoms with van der Waals surface area (Å²) in [6.45, 7) is -0.0431. The van der Waals surface area contributed by atoms with Crippen LogP contribution in [0.1, 0.15) is 12.8 Å². The van der Waals surface area contributed by atoms with Crippen molar-refractivity contribution in [2.45, 2.75) is 25.6 Å². The Morgan fingerprint density at radius 1 is 1.26 bits per heavy atom. The summed E-state index contributed by atoms with van der Waals surface area (Å²) >= 11 is 5.00. The van der Waals surface area contributed by atoms with Crippen molar-refractivity contribution < 1.29 is 13.2 Å². The van der Waals surface area contributed by atoms with Gasteiger partial charge in [-0.3, -0.25) is 9.36 Å². The molecule has 0 amide bonds. The molecule has 19 heavy (non-hydrogen) atoms. The van der Waals surface area contributed by atoms with Gasteiger partial charge in [-0.1, -0.05) is 12.1 Å². The normalized spacial score (nSPS) is 11.9. The van der Waals surface area contributed by atoms with E-state index in [1.165, 1.54) is 4.57 Å². The van der Waals surface area contributed by atoms with Crippen molar-refractivity contribution in [3.8, 4) is 0 Å². The zero-order chi connectivity index (χ0) is 14.0. The van der Waals surface area contributed by atoms with Crippen molar-refractivity contribution in [3.05, 3.63) is 39.4 Å². The number of aromatic amines is 1. The number of nitrogens with zero attached hydrogens (tertiary/aromatic N) is 1. The Kier molecular flexibility index (Phi) is 3.75. The van der Waals surface area contributed by atoms with E-state index in [4.69, 9.17) is 12.2 Å². The highest BCUT2D eigenvalue weighted by atomic mass is 32.1. The minimum atomic E-state index is -4.22. The van der Waals surface area contributed by atoms with Crippen molar-refractivity contribution in [1.82, 2.24) is 9.55 Å². The maximum absolute atomic E-state index is 12.1. The molecular formula is C12H11F3N2OS. The zero-order valence-corrected chi connectivity index (χ0v) is 10.6. The molecule has 7 heteroatoms. The predicted molar refractivity (Wildman–Crippen MR) is 68.7 cm³/mol. The molecule has 1 aromatic carbocycles. The summed E-state index contributed by atoms with van der Waals surface area (Å²) in [7, 11) is 0. The van der Waals surface area contributed by atoms with Gasteiger partial charge in [-0.15, -0.1) is 0 Å². The molecule has 0 atom stereocenters. The maximum Gasteiger partial charge on any atom is 0.389 e. The van der Waals surface area contributed by atoms with Gasteiger partial charge in [-0.2, -0.15) is 13.2 Å². The third kappa shape index (κ3) is 3.23. The third-order valence-electron chi connectivity index (χ3n) is 2.73. The number of rotatable bonds is 3. The van der Waals surface area contributed by atoms with Crippen molar-refractivity contribution in [1.29, 1.82) is 0 Å². The summed E-state index contributed by atoms with van der Waals surface area (Å²) in [4.78, 5) is 14.9. The molecule has 0 fully saturated rings. The number of para-hydroxylation sites is 1. The first-order chi connectivity index (χ1) is 8.88. The van der Waals surface area contributed by atoms with Gasteiger partial charge < -0.3 is 4.98 Å². The van der Waals surface area contributed by atoms with Gasteiger partial charge in [0.25, 0.3) is 5.56 Å². The Balaban J connectivity index is 2.34. The van der Waals surface area contributed by atoms with Gasteiger partial charge in [0, 0.05) is 13.0 Å². The van der Waals surface area contributed by atoms with Crippen molar-refractivity contribution in [2.24, 2.45) is 0 Å². The van der Waals surface area contributed by atoms with Crippen LogP contribution < -0.4 is 5.56 Å². The molecule has 102 valence electrons. The van der Waals surface area contributed by atoms with Crippen molar-refractivity contribution in [2.75, 3.05) is 0 Å². The largest absolute Gasteiger partial charge is 0.389 e. The molecular weight excluding hydrogens is 277 g/mol. The lowest BCUT2D eigenvalue weighted by Gasteiger charge is -2.09. The first kappa shape index (κ1) is 13.8. The second-order valence-corrected chi connectivity index (χ2v) is 4.54. The molecule has 0 unspecified atom stereocenters. The topological polar surface area (TPSA) is 37.8 Å². The van der Waals surface area contributed by atoms with Gasteiger partial charge in [-0.25, -0.2) is 0 Å². The van der Waals surface area contributed by atoms with Crippen LogP contribution >= 0.6 is 12.2 Å². The molecule has 0 aliphatic heterocycles. The number of alkyl halides is 3. The molecule has 0 aliphatic carbocycles. The van der Waals surface area contributed by atoms with Crippen LogP contribution in [0.2, 0.25) is 0 Å². The highest BCUT2D eigenvalue weighted by Crippen LogP contribution is 2.21. The van der Waals surface area contributed by atoms with Gasteiger partial charge in [0.05, 0.1) is 10.9 Å². The first-order valence-corrected chi connectivity index (χ1v) is 6.08. The van der Waals surface area contributed by atoms with E-state index in [2.05, 4.69) is 4.98 Å². The van der Waals surface area contributed by atoms with Crippen LogP contribution in [0.3, 0.4) is 0 Å². The number of aromatic nitrogens is 2. The van der Waals surface area contributed by atoms with E-state index in [-0.39, 0.29) is 23.3 Å². The van der Waals surface area contributed by atoms with E-state index in [0.29, 0.717) is 10.9 Å². The van der Waals surface area contributed by atoms with Gasteiger partial charge in [0.2, 0.25) is 0 Å². The quantitative estimate of drug-likeness (QED) is 0.879. The average molecular weight is 288 g/mol. The minimum Gasteiger partial charge on any atom is -0.332 e. The molecule has 2 aromatic rings. The number of fused-ring (bicyclic) bond motifs is 1. The summed E-state index contributed by atoms with van der Waals surface area (Å²) in [5.41, 5.74) is 0.228.